The van der Waals surface area contributed by atoms with Crippen molar-refractivity contribution >= 4 is 0 Å². The minimum absolute atomic E-state index is 0.561. The molecule has 0 spiro atoms. The van der Waals surface area contributed by atoms with E-state index in [1.807, 2.05) is 25.1 Å². The van der Waals surface area contributed by atoms with E-state index in [0.717, 1.165) is 22.8 Å². The van der Waals surface area contributed by atoms with Gasteiger partial charge < -0.3 is 9.72 Å². The van der Waals surface area contributed by atoms with Crippen molar-refractivity contribution in [1.82, 2.24) is 9.97 Å². The molecule has 1 N–H and O–H groups in total. The molecule has 15 heavy (non-hydrogen) atoms. The van der Waals surface area contributed by atoms with Crippen LogP contribution in [0.15, 0.2) is 30.3 Å². The number of ether oxygens (including phenoxy) is 1. The van der Waals surface area contributed by atoms with Gasteiger partial charge >= 0.3 is 0 Å². The van der Waals surface area contributed by atoms with Gasteiger partial charge in [-0.25, -0.2) is 4.98 Å². The van der Waals surface area contributed by atoms with E-state index in [-0.39, 0.29) is 0 Å². The van der Waals surface area contributed by atoms with Crippen LogP contribution in [-0.2, 0) is 11.3 Å². The van der Waals surface area contributed by atoms with Crippen LogP contribution in [0.2, 0.25) is 0 Å². The van der Waals surface area contributed by atoms with E-state index in [1.54, 1.807) is 7.11 Å². The van der Waals surface area contributed by atoms with Crippen LogP contribution < -0.4 is 0 Å². The SMILES string of the molecule is COCc1[nH]c(C)nc1-c1ccccc1. The number of rotatable bonds is 3. The summed E-state index contributed by atoms with van der Waals surface area (Å²) in [5.41, 5.74) is 3.13. The first-order valence-corrected chi connectivity index (χ1v) is 4.91. The second-order valence-electron chi connectivity index (χ2n) is 3.45. The molecule has 0 saturated heterocycles. The zero-order valence-corrected chi connectivity index (χ0v) is 8.95. The van der Waals surface area contributed by atoms with Crippen LogP contribution in [0.3, 0.4) is 0 Å². The van der Waals surface area contributed by atoms with Gasteiger partial charge in [0.25, 0.3) is 0 Å². The van der Waals surface area contributed by atoms with E-state index in [9.17, 15) is 0 Å². The Morgan fingerprint density at radius 2 is 2.00 bits per heavy atom. The second-order valence-corrected chi connectivity index (χ2v) is 3.45. The van der Waals surface area contributed by atoms with Gasteiger partial charge in [-0.2, -0.15) is 0 Å². The third-order valence-electron chi connectivity index (χ3n) is 2.23. The van der Waals surface area contributed by atoms with E-state index < -0.39 is 0 Å². The molecule has 0 amide bonds. The van der Waals surface area contributed by atoms with Crippen LogP contribution in [0.4, 0.5) is 0 Å². The standard InChI is InChI=1S/C12H14N2O/c1-9-13-11(8-15-2)12(14-9)10-6-4-3-5-7-10/h3-7H,8H2,1-2H3,(H,13,14). The highest BCUT2D eigenvalue weighted by Crippen LogP contribution is 2.21. The fourth-order valence-corrected chi connectivity index (χ4v) is 1.62. The Balaban J connectivity index is 2.43. The molecular weight excluding hydrogens is 188 g/mol. The zero-order valence-electron chi connectivity index (χ0n) is 8.95. The summed E-state index contributed by atoms with van der Waals surface area (Å²) in [6, 6.07) is 10.1. The van der Waals surface area contributed by atoms with Gasteiger partial charge in [-0.15, -0.1) is 0 Å². The summed E-state index contributed by atoms with van der Waals surface area (Å²) >= 11 is 0. The summed E-state index contributed by atoms with van der Waals surface area (Å²) in [6.45, 7) is 2.51. The molecule has 0 radical (unpaired) electrons. The molecule has 0 aliphatic carbocycles. The number of nitrogens with one attached hydrogen (secondary N) is 1. The number of benzene rings is 1. The van der Waals surface area contributed by atoms with Gasteiger partial charge in [-0.05, 0) is 6.92 Å². The van der Waals surface area contributed by atoms with Crippen molar-refractivity contribution in [1.29, 1.82) is 0 Å². The summed E-state index contributed by atoms with van der Waals surface area (Å²) in [7, 11) is 1.69. The van der Waals surface area contributed by atoms with Crippen LogP contribution in [-0.4, -0.2) is 17.1 Å². The third-order valence-corrected chi connectivity index (χ3v) is 2.23. The number of H-pyrrole nitrogens is 1. The van der Waals surface area contributed by atoms with E-state index in [2.05, 4.69) is 22.1 Å². The van der Waals surface area contributed by atoms with E-state index in [1.165, 1.54) is 0 Å². The molecule has 2 rings (SSSR count). The van der Waals surface area contributed by atoms with Gasteiger partial charge in [-0.3, -0.25) is 0 Å². The summed E-state index contributed by atoms with van der Waals surface area (Å²) in [5, 5.41) is 0. The van der Waals surface area contributed by atoms with Crippen molar-refractivity contribution in [3.63, 3.8) is 0 Å². The highest BCUT2D eigenvalue weighted by molar-refractivity contribution is 5.61. The molecule has 3 heteroatoms. The molecule has 0 fully saturated rings. The van der Waals surface area contributed by atoms with E-state index in [4.69, 9.17) is 4.74 Å². The molecule has 1 aromatic carbocycles. The van der Waals surface area contributed by atoms with Crippen LogP contribution >= 0.6 is 0 Å². The molecule has 78 valence electrons. The van der Waals surface area contributed by atoms with Gasteiger partial charge in [0, 0.05) is 12.7 Å². The lowest BCUT2D eigenvalue weighted by Crippen LogP contribution is -1.90. The minimum Gasteiger partial charge on any atom is -0.378 e. The maximum Gasteiger partial charge on any atom is 0.103 e. The maximum atomic E-state index is 5.13. The number of aryl methyl sites for hydroxylation is 1. The number of aromatic nitrogens is 2. The lowest BCUT2D eigenvalue weighted by molar-refractivity contribution is 0.182. The number of hydrogen-bond acceptors (Lipinski definition) is 2. The molecule has 1 aromatic heterocycles. The average Bonchev–Trinajstić information content (AvgIpc) is 2.62. The first kappa shape index (κ1) is 9.93. The Hall–Kier alpha value is -1.61. The highest BCUT2D eigenvalue weighted by atomic mass is 16.5. The Labute approximate surface area is 89.1 Å². The van der Waals surface area contributed by atoms with Crippen molar-refractivity contribution in [2.75, 3.05) is 7.11 Å². The molecule has 3 nitrogen and oxygen atoms in total. The van der Waals surface area contributed by atoms with Crippen molar-refractivity contribution in [3.05, 3.63) is 41.9 Å². The monoisotopic (exact) mass is 202 g/mol. The molecule has 2 aromatic rings. The number of imidazole rings is 1. The van der Waals surface area contributed by atoms with Crippen LogP contribution in [0.1, 0.15) is 11.5 Å². The molecule has 0 bridgehead atoms. The van der Waals surface area contributed by atoms with E-state index >= 15 is 0 Å². The summed E-state index contributed by atoms with van der Waals surface area (Å²) in [5.74, 6) is 0.918. The van der Waals surface area contributed by atoms with Crippen molar-refractivity contribution < 1.29 is 4.74 Å². The maximum absolute atomic E-state index is 5.13. The van der Waals surface area contributed by atoms with Crippen LogP contribution in [0.25, 0.3) is 11.3 Å². The van der Waals surface area contributed by atoms with Gasteiger partial charge in [0.05, 0.1) is 18.0 Å². The first-order chi connectivity index (χ1) is 7.31. The molecule has 0 aliphatic heterocycles. The Morgan fingerprint density at radius 3 is 2.67 bits per heavy atom. The van der Waals surface area contributed by atoms with Crippen LogP contribution in [0, 0.1) is 6.92 Å². The summed E-state index contributed by atoms with van der Waals surface area (Å²) < 4.78 is 5.13. The van der Waals surface area contributed by atoms with Gasteiger partial charge in [0.15, 0.2) is 0 Å². The van der Waals surface area contributed by atoms with Gasteiger partial charge in [0.1, 0.15) is 5.82 Å². The largest absolute Gasteiger partial charge is 0.378 e. The smallest absolute Gasteiger partial charge is 0.103 e. The quantitative estimate of drug-likeness (QED) is 0.830. The zero-order chi connectivity index (χ0) is 10.7. The number of aromatic amines is 1. The predicted molar refractivity (Wildman–Crippen MR) is 59.5 cm³/mol. The van der Waals surface area contributed by atoms with Crippen LogP contribution in [0.5, 0.6) is 0 Å². The molecular formula is C12H14N2O. The Morgan fingerprint density at radius 1 is 1.27 bits per heavy atom. The topological polar surface area (TPSA) is 37.9 Å². The van der Waals surface area contributed by atoms with Gasteiger partial charge in [-0.1, -0.05) is 30.3 Å². The minimum atomic E-state index is 0.561. The normalized spacial score (nSPS) is 10.5. The molecule has 0 unspecified atom stereocenters. The molecule has 0 saturated carbocycles. The fourth-order valence-electron chi connectivity index (χ4n) is 1.62. The predicted octanol–water partition coefficient (Wildman–Crippen LogP) is 2.53. The number of methoxy groups -OCH3 is 1. The van der Waals surface area contributed by atoms with Crippen molar-refractivity contribution in [2.24, 2.45) is 0 Å². The lowest BCUT2D eigenvalue weighted by atomic mass is 10.1. The average molecular weight is 202 g/mol. The molecule has 0 atom stereocenters. The first-order valence-electron chi connectivity index (χ1n) is 4.91. The van der Waals surface area contributed by atoms with Gasteiger partial charge in [0.2, 0.25) is 0 Å². The second kappa shape index (κ2) is 4.28. The Kier molecular flexibility index (Phi) is 2.83. The number of hydrogen-bond donors (Lipinski definition) is 1. The lowest BCUT2D eigenvalue weighted by Gasteiger charge is -2.00. The summed E-state index contributed by atoms with van der Waals surface area (Å²) in [4.78, 5) is 7.67. The highest BCUT2D eigenvalue weighted by Gasteiger charge is 2.09. The third kappa shape index (κ3) is 2.07. The number of nitrogens with zero attached hydrogens (tertiary/aromatic N) is 1. The Bertz CT molecular complexity index is 434. The fraction of sp³-hybridized carbons (Fsp3) is 0.250. The van der Waals surface area contributed by atoms with Crippen molar-refractivity contribution in [3.8, 4) is 11.3 Å². The molecule has 0 aliphatic rings. The summed E-state index contributed by atoms with van der Waals surface area (Å²) in [6.07, 6.45) is 0. The van der Waals surface area contributed by atoms with Crippen molar-refractivity contribution in [2.45, 2.75) is 13.5 Å². The molecule has 1 heterocycles. The van der Waals surface area contributed by atoms with E-state index in [0.29, 0.717) is 6.61 Å².